The molecule has 0 amide bonds. The zero-order valence-corrected chi connectivity index (χ0v) is 37.5. The van der Waals surface area contributed by atoms with E-state index in [0.29, 0.717) is 5.92 Å². The molecule has 1 aliphatic rings. The van der Waals surface area contributed by atoms with Gasteiger partial charge < -0.3 is 4.57 Å². The van der Waals surface area contributed by atoms with Crippen molar-refractivity contribution in [3.63, 3.8) is 0 Å². The smallest absolute Gasteiger partial charge is 0.0695 e. The summed E-state index contributed by atoms with van der Waals surface area (Å²) in [6.07, 6.45) is 3.04. The lowest BCUT2D eigenvalue weighted by molar-refractivity contribution is 0.486. The lowest BCUT2D eigenvalue weighted by Crippen LogP contribution is -2.25. The molecule has 1 aromatic heterocycles. The normalized spacial score (nSPS) is 17.6. The maximum Gasteiger partial charge on any atom is 0.0695 e. The van der Waals surface area contributed by atoms with Crippen LogP contribution in [0.5, 0.6) is 0 Å². The van der Waals surface area contributed by atoms with Crippen molar-refractivity contribution < 1.29 is 0 Å². The standard InChI is InChI=1S/C64H50N2/c1-3-50-51(45-33-31-44(32-34-45)43-18-7-4-8-19-43)37-30-42(2)63(65-64(50)46-20-9-5-10-21-46)48-36-39-58-59(40-48)54-25-14-13-24-53(54)57-28-17-27-52(62(57)58)47-35-38-56-55-26-15-16-29-60(55)66(61(56)41-47)49-22-11-6-12-23-49/h4-29,31-36,38-41,50-51H,3,30,37H2,1-2H3/b63-42+,65-64-. The zero-order chi connectivity index (χ0) is 44.1. The summed E-state index contributed by atoms with van der Waals surface area (Å²) in [7, 11) is 0. The van der Waals surface area contributed by atoms with Gasteiger partial charge in [-0.15, -0.1) is 0 Å². The summed E-state index contributed by atoms with van der Waals surface area (Å²) >= 11 is 0. The van der Waals surface area contributed by atoms with E-state index >= 15 is 0 Å². The molecule has 11 aromatic rings. The molecule has 1 aliphatic heterocycles. The van der Waals surface area contributed by atoms with Crippen LogP contribution in [0, 0.1) is 5.92 Å². The molecule has 0 saturated carbocycles. The maximum absolute atomic E-state index is 5.84. The second-order valence-electron chi connectivity index (χ2n) is 18.1. The van der Waals surface area contributed by atoms with Crippen LogP contribution in [0.4, 0.5) is 0 Å². The number of aliphatic imine (C=N–C) groups is 1. The maximum atomic E-state index is 5.84. The average molecular weight is 847 g/mol. The molecule has 2 atom stereocenters. The summed E-state index contributed by atoms with van der Waals surface area (Å²) in [5, 5.41) is 10.1. The van der Waals surface area contributed by atoms with Gasteiger partial charge in [0, 0.05) is 27.9 Å². The second-order valence-corrected chi connectivity index (χ2v) is 18.1. The Morgan fingerprint density at radius 2 is 1.02 bits per heavy atom. The summed E-state index contributed by atoms with van der Waals surface area (Å²) in [5.74, 6) is 0.595. The highest BCUT2D eigenvalue weighted by molar-refractivity contribution is 6.29. The molecule has 12 rings (SSSR count). The Labute approximate surface area is 386 Å². The summed E-state index contributed by atoms with van der Waals surface area (Å²) < 4.78 is 2.42. The van der Waals surface area contributed by atoms with Crippen LogP contribution in [-0.2, 0) is 0 Å². The van der Waals surface area contributed by atoms with Gasteiger partial charge in [-0.25, -0.2) is 0 Å². The van der Waals surface area contributed by atoms with Crippen molar-refractivity contribution in [1.82, 2.24) is 4.57 Å². The summed E-state index contributed by atoms with van der Waals surface area (Å²) in [5.41, 5.74) is 15.9. The van der Waals surface area contributed by atoms with Crippen LogP contribution in [0.1, 0.15) is 55.7 Å². The summed E-state index contributed by atoms with van der Waals surface area (Å²) in [6.45, 7) is 4.66. The number of benzene rings is 10. The van der Waals surface area contributed by atoms with Gasteiger partial charge in [0.15, 0.2) is 0 Å². The van der Waals surface area contributed by atoms with E-state index in [9.17, 15) is 0 Å². The molecular formula is C64H50N2. The molecule has 0 aliphatic carbocycles. The molecular weight excluding hydrogens is 797 g/mol. The van der Waals surface area contributed by atoms with Crippen molar-refractivity contribution in [3.8, 4) is 27.9 Å². The van der Waals surface area contributed by atoms with Gasteiger partial charge in [0.1, 0.15) is 0 Å². The Morgan fingerprint density at radius 3 is 1.76 bits per heavy atom. The summed E-state index contributed by atoms with van der Waals surface area (Å²) in [6, 6.07) is 80.6. The van der Waals surface area contributed by atoms with E-state index in [0.717, 1.165) is 30.6 Å². The monoisotopic (exact) mass is 846 g/mol. The van der Waals surface area contributed by atoms with Crippen molar-refractivity contribution in [1.29, 1.82) is 0 Å². The van der Waals surface area contributed by atoms with E-state index < -0.39 is 0 Å². The fourth-order valence-corrected chi connectivity index (χ4v) is 11.2. The molecule has 2 heterocycles. The van der Waals surface area contributed by atoms with Crippen LogP contribution < -0.4 is 0 Å². The molecule has 2 unspecified atom stereocenters. The lowest BCUT2D eigenvalue weighted by Gasteiger charge is -2.31. The first-order valence-electron chi connectivity index (χ1n) is 23.6. The number of para-hydroxylation sites is 2. The minimum Gasteiger partial charge on any atom is -0.309 e. The van der Waals surface area contributed by atoms with E-state index in [1.54, 1.807) is 0 Å². The number of rotatable bonds is 7. The van der Waals surface area contributed by atoms with Crippen LogP contribution in [0.25, 0.3) is 87.8 Å². The summed E-state index contributed by atoms with van der Waals surface area (Å²) in [4.78, 5) is 5.84. The predicted octanol–water partition coefficient (Wildman–Crippen LogP) is 17.4. The topological polar surface area (TPSA) is 17.3 Å². The van der Waals surface area contributed by atoms with Gasteiger partial charge in [-0.2, -0.15) is 0 Å². The largest absolute Gasteiger partial charge is 0.309 e. The third kappa shape index (κ3) is 6.75. The Hall–Kier alpha value is -7.81. The van der Waals surface area contributed by atoms with Crippen molar-refractivity contribution in [2.75, 3.05) is 0 Å². The number of allylic oxidation sites excluding steroid dienone is 1. The Morgan fingerprint density at radius 1 is 0.455 bits per heavy atom. The Bertz CT molecular complexity index is 3670. The van der Waals surface area contributed by atoms with Crippen molar-refractivity contribution in [3.05, 3.63) is 241 Å². The fraction of sp³-hybridized carbons (Fsp3) is 0.109. The third-order valence-corrected chi connectivity index (χ3v) is 14.4. The van der Waals surface area contributed by atoms with E-state index in [4.69, 9.17) is 4.99 Å². The zero-order valence-electron chi connectivity index (χ0n) is 37.5. The van der Waals surface area contributed by atoms with Crippen LogP contribution in [0.3, 0.4) is 0 Å². The lowest BCUT2D eigenvalue weighted by atomic mass is 9.75. The first-order chi connectivity index (χ1) is 32.6. The van der Waals surface area contributed by atoms with Gasteiger partial charge in [0.25, 0.3) is 0 Å². The SMILES string of the molecule is CCC1/C(c2ccccc2)=N\C(c2ccc3c(c2)c2ccccc2c2cccc(-c4ccc5c6ccccc6n(-c6ccccc6)c5c4)c23)=C(/C)CCC1c1ccc(-c2ccccc2)cc1. The highest BCUT2D eigenvalue weighted by Crippen LogP contribution is 2.45. The van der Waals surface area contributed by atoms with Crippen molar-refractivity contribution in [2.45, 2.75) is 39.0 Å². The molecule has 66 heavy (non-hydrogen) atoms. The van der Waals surface area contributed by atoms with Gasteiger partial charge in [0.05, 0.1) is 22.4 Å². The van der Waals surface area contributed by atoms with Gasteiger partial charge >= 0.3 is 0 Å². The Balaban J connectivity index is 1.02. The molecule has 2 heteroatoms. The minimum atomic E-state index is 0.254. The predicted molar refractivity (Wildman–Crippen MR) is 282 cm³/mol. The van der Waals surface area contributed by atoms with E-state index in [1.165, 1.54) is 104 Å². The van der Waals surface area contributed by atoms with Gasteiger partial charge in [-0.05, 0) is 134 Å². The molecule has 316 valence electrons. The highest BCUT2D eigenvalue weighted by atomic mass is 15.0. The van der Waals surface area contributed by atoms with E-state index in [1.807, 2.05) is 0 Å². The van der Waals surface area contributed by atoms with Gasteiger partial charge in [-0.1, -0.05) is 195 Å². The third-order valence-electron chi connectivity index (χ3n) is 14.4. The molecule has 2 nitrogen and oxygen atoms in total. The average Bonchev–Trinajstić information content (AvgIpc) is 3.72. The molecule has 0 N–H and O–H groups in total. The number of hydrogen-bond donors (Lipinski definition) is 0. The number of aromatic nitrogens is 1. The van der Waals surface area contributed by atoms with E-state index in [-0.39, 0.29) is 5.92 Å². The molecule has 0 fully saturated rings. The van der Waals surface area contributed by atoms with Crippen LogP contribution in [0.15, 0.2) is 229 Å². The van der Waals surface area contributed by atoms with E-state index in [2.05, 4.69) is 237 Å². The number of nitrogens with zero attached hydrogens (tertiary/aromatic N) is 2. The van der Waals surface area contributed by atoms with Crippen LogP contribution in [0.2, 0.25) is 0 Å². The molecule has 0 bridgehead atoms. The molecule has 0 saturated heterocycles. The number of hydrogen-bond acceptors (Lipinski definition) is 1. The molecule has 0 spiro atoms. The Kier molecular flexibility index (Phi) is 10.0. The minimum absolute atomic E-state index is 0.254. The van der Waals surface area contributed by atoms with Crippen molar-refractivity contribution in [2.24, 2.45) is 10.9 Å². The first-order valence-corrected chi connectivity index (χ1v) is 23.6. The fourth-order valence-electron chi connectivity index (χ4n) is 11.2. The van der Waals surface area contributed by atoms with Crippen LogP contribution >= 0.6 is 0 Å². The molecule has 10 aromatic carbocycles. The highest BCUT2D eigenvalue weighted by Gasteiger charge is 2.30. The van der Waals surface area contributed by atoms with Gasteiger partial charge in [-0.3, -0.25) is 4.99 Å². The van der Waals surface area contributed by atoms with Crippen molar-refractivity contribution >= 4 is 65.5 Å². The molecule has 0 radical (unpaired) electrons. The van der Waals surface area contributed by atoms with Gasteiger partial charge in [0.2, 0.25) is 0 Å². The van der Waals surface area contributed by atoms with Crippen LogP contribution in [-0.4, -0.2) is 10.3 Å². The first kappa shape index (κ1) is 39.8. The quantitative estimate of drug-likeness (QED) is 0.142. The second kappa shape index (κ2) is 16.6. The number of fused-ring (bicyclic) bond motifs is 9.